The molecule has 0 saturated heterocycles. The third-order valence-electron chi connectivity index (χ3n) is 14.0. The number of ketones is 1. The number of hydrogen-bond acceptors (Lipinski definition) is 17. The monoisotopic (exact) mass is 1130 g/mol. The SMILES string of the molecule is CN[C@H](CC(C)C)C(=O)N[C@H]1C(=O)C[C@@H](CC(N)=O)C(=O)N[C@H]2C(=N)C[C@@H]3C(=O)N[C@H](C(=O)N[C@H](CO)c4cc(O)cc(O)c4-c4cc3ccc4O)[C@H](O)c3ccc(c(Cl)c3)Oc3cc2cc(c3O)Oc2ccc(cc2Cl)[C@H]1O. The van der Waals surface area contributed by atoms with Gasteiger partial charge >= 0.3 is 0 Å². The molecule has 0 unspecified atom stereocenters. The van der Waals surface area contributed by atoms with Crippen LogP contribution in [0.25, 0.3) is 11.1 Å². The van der Waals surface area contributed by atoms with E-state index in [0.29, 0.717) is 6.42 Å². The summed E-state index contributed by atoms with van der Waals surface area (Å²) in [7, 11) is 1.54. The molecule has 416 valence electrons. The second-order valence-electron chi connectivity index (χ2n) is 20.0. The number of halogens is 2. The molecule has 0 fully saturated rings. The highest BCUT2D eigenvalue weighted by atomic mass is 35.5. The van der Waals surface area contributed by atoms with Gasteiger partial charge in [0, 0.05) is 42.2 Å². The van der Waals surface area contributed by atoms with Crippen molar-refractivity contribution in [3.05, 3.63) is 117 Å². The fourth-order valence-corrected chi connectivity index (χ4v) is 10.4. The standard InChI is InChI=1S/C55H57Cl2N7O15/c1-22(2)10-35(60-3)54(76)63-47-39(69)14-27(17-44(59)70)52(74)62-46-26-15-42(78-40-8-5-24(49(47)71)12-32(40)56)51(73)43(16-26)79-41-9-6-25(13-33(41)57)50(72)48-55(77)61-36(21-65)30-18-28(66)19-38(68)45(30)31-11-23(4-7-37(31)67)29(20-34(46)58)53(75)64-48/h4-9,11-13,15-16,18-19,22,27,29,35-36,46-50,58,60,65-68,71-73H,10,14,17,20-21H2,1-3H3,(H2,59,70)(H,61,77)(H,62,74)(H,63,76)(H,64,75)/t27-,29-,35+,36+,46+,47-,48-,49+,50+/m0/s1. The molecule has 0 saturated carbocycles. The number of fused-ring (bicyclic) bond motifs is 15. The van der Waals surface area contributed by atoms with E-state index < -0.39 is 156 Å². The molecule has 10 rings (SSSR count). The molecule has 5 aromatic rings. The quantitative estimate of drug-likeness (QED) is 0.0998. The number of carbonyl (C=O) groups excluding carboxylic acids is 6. The Balaban J connectivity index is 1.35. The average Bonchev–Trinajstić information content (AvgIpc) is 3.43. The van der Waals surface area contributed by atoms with E-state index in [4.69, 9.17) is 38.4 Å². The number of amides is 5. The van der Waals surface area contributed by atoms with Crippen LogP contribution in [0.1, 0.15) is 97.6 Å². The van der Waals surface area contributed by atoms with E-state index >= 15 is 4.79 Å². The second-order valence-corrected chi connectivity index (χ2v) is 20.8. The van der Waals surface area contributed by atoms with Gasteiger partial charge in [-0.15, -0.1) is 0 Å². The van der Waals surface area contributed by atoms with Crippen LogP contribution in [0.2, 0.25) is 10.0 Å². The van der Waals surface area contributed by atoms with Gasteiger partial charge in [0.15, 0.2) is 17.3 Å². The smallest absolute Gasteiger partial charge is 0.246 e. The van der Waals surface area contributed by atoms with Gasteiger partial charge in [-0.25, -0.2) is 0 Å². The van der Waals surface area contributed by atoms with Gasteiger partial charge in [0.2, 0.25) is 35.3 Å². The first-order chi connectivity index (χ1) is 37.5. The summed E-state index contributed by atoms with van der Waals surface area (Å²) in [5.74, 6) is -12.6. The summed E-state index contributed by atoms with van der Waals surface area (Å²) in [5.41, 5.74) is 4.56. The molecule has 22 nitrogen and oxygen atoms in total. The van der Waals surface area contributed by atoms with Crippen LogP contribution >= 0.6 is 23.2 Å². The van der Waals surface area contributed by atoms with E-state index in [9.17, 15) is 65.1 Å². The number of primary amides is 1. The Labute approximate surface area is 461 Å². The van der Waals surface area contributed by atoms with Gasteiger partial charge in [0.1, 0.15) is 53.0 Å². The molecule has 5 aliphatic rings. The Morgan fingerprint density at radius 3 is 1.95 bits per heavy atom. The van der Waals surface area contributed by atoms with E-state index in [-0.39, 0.29) is 66.4 Å². The Morgan fingerprint density at radius 2 is 1.37 bits per heavy atom. The molecule has 24 heteroatoms. The number of aromatic hydroxyl groups is 4. The third-order valence-corrected chi connectivity index (χ3v) is 14.6. The fourth-order valence-electron chi connectivity index (χ4n) is 9.93. The number of Topliss-reactive ketones (excluding diaryl/α,β-unsaturated/α-hetero) is 1. The maximum Gasteiger partial charge on any atom is 0.246 e. The highest BCUT2D eigenvalue weighted by Gasteiger charge is 2.40. The van der Waals surface area contributed by atoms with Gasteiger partial charge in [-0.2, -0.15) is 0 Å². The van der Waals surface area contributed by atoms with Crippen molar-refractivity contribution in [3.8, 4) is 57.1 Å². The first-order valence-corrected chi connectivity index (χ1v) is 25.7. The molecule has 0 aliphatic carbocycles. The lowest BCUT2D eigenvalue weighted by Gasteiger charge is -2.31. The van der Waals surface area contributed by atoms with Crippen LogP contribution in [-0.2, 0) is 28.8 Å². The molecule has 11 bridgehead atoms. The van der Waals surface area contributed by atoms with E-state index in [1.54, 1.807) is 0 Å². The minimum absolute atomic E-state index is 0.00545. The number of ether oxygens (including phenoxy) is 2. The lowest BCUT2D eigenvalue weighted by Crippen LogP contribution is -2.53. The summed E-state index contributed by atoms with van der Waals surface area (Å²) in [6.45, 7) is 2.88. The normalized spacial score (nSPS) is 22.8. The summed E-state index contributed by atoms with van der Waals surface area (Å²) in [6.07, 6.45) is -5.77. The number of aliphatic hydroxyl groups is 3. The number of likely N-dealkylation sites (N-methyl/N-ethyl adjacent to an activating group) is 1. The zero-order valence-electron chi connectivity index (χ0n) is 42.5. The van der Waals surface area contributed by atoms with Crippen LogP contribution < -0.4 is 41.8 Å². The van der Waals surface area contributed by atoms with E-state index in [0.717, 1.165) is 12.1 Å². The van der Waals surface area contributed by atoms with Crippen molar-refractivity contribution in [2.75, 3.05) is 13.7 Å². The van der Waals surface area contributed by atoms with Crippen molar-refractivity contribution in [1.29, 1.82) is 5.41 Å². The van der Waals surface area contributed by atoms with Crippen LogP contribution in [0.5, 0.6) is 46.0 Å². The Morgan fingerprint density at radius 1 is 0.747 bits per heavy atom. The zero-order chi connectivity index (χ0) is 57.3. The van der Waals surface area contributed by atoms with Gasteiger partial charge in [0.05, 0.1) is 46.6 Å². The molecule has 5 heterocycles. The molecule has 0 radical (unpaired) electrons. The molecular formula is C55H57Cl2N7O15. The summed E-state index contributed by atoms with van der Waals surface area (Å²) in [6, 6.07) is 8.15. The summed E-state index contributed by atoms with van der Waals surface area (Å²) in [5, 5.41) is 103. The number of nitrogens with one attached hydrogen (secondary N) is 6. The van der Waals surface area contributed by atoms with Gasteiger partial charge < -0.3 is 82.9 Å². The van der Waals surface area contributed by atoms with Gasteiger partial charge in [0.25, 0.3) is 0 Å². The largest absolute Gasteiger partial charge is 0.508 e. The number of nitrogens with two attached hydrogens (primary N) is 1. The molecule has 79 heavy (non-hydrogen) atoms. The molecule has 15 N–H and O–H groups in total. The van der Waals surface area contributed by atoms with Crippen LogP contribution in [0, 0.1) is 17.2 Å². The minimum atomic E-state index is -1.94. The summed E-state index contributed by atoms with van der Waals surface area (Å²) >= 11 is 13.6. The minimum Gasteiger partial charge on any atom is -0.508 e. The van der Waals surface area contributed by atoms with Crippen LogP contribution in [0.15, 0.2) is 78.9 Å². The average molecular weight is 1130 g/mol. The summed E-state index contributed by atoms with van der Waals surface area (Å²) in [4.78, 5) is 85.8. The highest BCUT2D eigenvalue weighted by molar-refractivity contribution is 6.32. The fraction of sp³-hybridized carbons (Fsp3) is 0.327. The number of rotatable bonds is 8. The number of phenolic OH excluding ortho intramolecular Hbond substituents is 4. The molecule has 0 aromatic heterocycles. The number of aliphatic hydroxyl groups excluding tert-OH is 3. The third kappa shape index (κ3) is 12.2. The number of hydrogen-bond donors (Lipinski definition) is 14. The lowest BCUT2D eigenvalue weighted by atomic mass is 9.84. The van der Waals surface area contributed by atoms with Crippen molar-refractivity contribution in [1.82, 2.24) is 26.6 Å². The van der Waals surface area contributed by atoms with Crippen molar-refractivity contribution in [2.24, 2.45) is 17.6 Å². The van der Waals surface area contributed by atoms with Crippen LogP contribution in [-0.4, -0.2) is 109 Å². The van der Waals surface area contributed by atoms with Gasteiger partial charge in [-0.1, -0.05) is 55.2 Å². The van der Waals surface area contributed by atoms with Crippen molar-refractivity contribution in [2.45, 2.75) is 87.9 Å². The molecular weight excluding hydrogens is 1070 g/mol. The number of carbonyl (C=O) groups is 6. The van der Waals surface area contributed by atoms with Crippen molar-refractivity contribution >= 4 is 64.2 Å². The predicted molar refractivity (Wildman–Crippen MR) is 285 cm³/mol. The van der Waals surface area contributed by atoms with Crippen LogP contribution in [0.3, 0.4) is 0 Å². The second kappa shape index (κ2) is 23.5. The number of phenols is 4. The van der Waals surface area contributed by atoms with E-state index in [1.807, 2.05) is 13.8 Å². The predicted octanol–water partition coefficient (Wildman–Crippen LogP) is 4.73. The molecule has 5 aliphatic heterocycles. The molecule has 0 spiro atoms. The van der Waals surface area contributed by atoms with Crippen LogP contribution in [0.4, 0.5) is 0 Å². The topological polar surface area (TPSA) is 373 Å². The first-order valence-electron chi connectivity index (χ1n) is 24.9. The Kier molecular flexibility index (Phi) is 17.0. The Bertz CT molecular complexity index is 3290. The molecule has 9 atom stereocenters. The maximum absolute atomic E-state index is 15.1. The zero-order valence-corrected chi connectivity index (χ0v) is 44.1. The highest BCUT2D eigenvalue weighted by Crippen LogP contribution is 2.48. The first kappa shape index (κ1) is 57.2. The Hall–Kier alpha value is -7.99. The van der Waals surface area contributed by atoms with Gasteiger partial charge in [-0.3, -0.25) is 28.8 Å². The van der Waals surface area contributed by atoms with E-state index in [1.165, 1.54) is 73.8 Å². The van der Waals surface area contributed by atoms with Crippen molar-refractivity contribution in [3.63, 3.8) is 0 Å². The lowest BCUT2D eigenvalue weighted by molar-refractivity contribution is -0.136. The molecule has 5 amide bonds. The maximum atomic E-state index is 15.1. The van der Waals surface area contributed by atoms with Gasteiger partial charge in [-0.05, 0) is 102 Å². The van der Waals surface area contributed by atoms with E-state index in [2.05, 4.69) is 26.6 Å². The summed E-state index contributed by atoms with van der Waals surface area (Å²) < 4.78 is 12.4. The van der Waals surface area contributed by atoms with Crippen molar-refractivity contribution < 1.29 is 74.0 Å². The molecule has 5 aromatic carbocycles. The number of benzene rings is 5.